The van der Waals surface area contributed by atoms with Crippen LogP contribution in [0.5, 0.6) is 0 Å². The summed E-state index contributed by atoms with van der Waals surface area (Å²) in [5.74, 6) is 15.0. The first-order valence-electron chi connectivity index (χ1n) is 7.74. The minimum atomic E-state index is -0.501. The van der Waals surface area contributed by atoms with Gasteiger partial charge in [0.2, 0.25) is 0 Å². The maximum absolute atomic E-state index is 11.8. The zero-order chi connectivity index (χ0) is 18.9. The van der Waals surface area contributed by atoms with E-state index in [0.717, 1.165) is 0 Å². The molecule has 0 unspecified atom stereocenters. The van der Waals surface area contributed by atoms with E-state index in [2.05, 4.69) is 35.5 Å². The highest BCUT2D eigenvalue weighted by Gasteiger charge is 2.13. The van der Waals surface area contributed by atoms with Crippen LogP contribution in [0.4, 0.5) is 0 Å². The molecule has 0 N–H and O–H groups in total. The number of carbonyl (C=O) groups excluding carboxylic acids is 2. The van der Waals surface area contributed by atoms with Crippen LogP contribution in [0.1, 0.15) is 34.1 Å². The summed E-state index contributed by atoms with van der Waals surface area (Å²) in [6.45, 7) is 6.64. The van der Waals surface area contributed by atoms with Crippen molar-refractivity contribution in [1.29, 1.82) is 0 Å². The van der Waals surface area contributed by atoms with E-state index in [9.17, 15) is 9.59 Å². The highest BCUT2D eigenvalue weighted by molar-refractivity contribution is 5.87. The summed E-state index contributed by atoms with van der Waals surface area (Å²) >= 11 is 0. The molecule has 0 aliphatic carbocycles. The second kappa shape index (κ2) is 14.4. The summed E-state index contributed by atoms with van der Waals surface area (Å²) in [4.78, 5) is 22.7. The van der Waals surface area contributed by atoms with Crippen molar-refractivity contribution in [1.82, 2.24) is 0 Å². The van der Waals surface area contributed by atoms with Gasteiger partial charge < -0.3 is 9.47 Å². The summed E-state index contributed by atoms with van der Waals surface area (Å²) in [6, 6.07) is 0. The van der Waals surface area contributed by atoms with Crippen molar-refractivity contribution < 1.29 is 19.1 Å². The maximum atomic E-state index is 11.8. The van der Waals surface area contributed by atoms with Crippen molar-refractivity contribution >= 4 is 11.9 Å². The van der Waals surface area contributed by atoms with Crippen LogP contribution in [0.25, 0.3) is 0 Å². The summed E-state index contributed by atoms with van der Waals surface area (Å²) in [5.41, 5.74) is 0.515. The van der Waals surface area contributed by atoms with Gasteiger partial charge in [0.1, 0.15) is 6.10 Å². The van der Waals surface area contributed by atoms with Gasteiger partial charge in [-0.3, -0.25) is 4.79 Å². The van der Waals surface area contributed by atoms with Gasteiger partial charge in [-0.2, -0.15) is 0 Å². The first-order valence-corrected chi connectivity index (χ1v) is 7.74. The minimum absolute atomic E-state index is 0.171. The van der Waals surface area contributed by atoms with E-state index in [0.29, 0.717) is 12.0 Å². The van der Waals surface area contributed by atoms with Crippen LogP contribution in [0, 0.1) is 35.5 Å². The van der Waals surface area contributed by atoms with Crippen molar-refractivity contribution in [2.75, 3.05) is 6.61 Å². The Morgan fingerprint density at radius 3 is 2.44 bits per heavy atom. The second-order valence-corrected chi connectivity index (χ2v) is 4.68. The standard InChI is InChI=1S/C21H22O4/c1-5-7-8-9-10-11-12-13-14-15-20(16-17-24-19(4)22)25-21(23)18(3)6-2/h6,12-15,20H,16-17H2,1-4H3/t20-/m1/s1. The van der Waals surface area contributed by atoms with Gasteiger partial charge in [0, 0.05) is 18.9 Å². The number of allylic oxidation sites excluding steroid dienone is 4. The van der Waals surface area contributed by atoms with Crippen molar-refractivity contribution in [2.24, 2.45) is 0 Å². The minimum Gasteiger partial charge on any atom is -0.466 e. The molecule has 130 valence electrons. The lowest BCUT2D eigenvalue weighted by molar-refractivity contribution is -0.144. The lowest BCUT2D eigenvalue weighted by atomic mass is 10.2. The molecule has 0 bridgehead atoms. The van der Waals surface area contributed by atoms with Crippen LogP contribution in [-0.2, 0) is 19.1 Å². The second-order valence-electron chi connectivity index (χ2n) is 4.68. The summed E-state index contributed by atoms with van der Waals surface area (Å²) < 4.78 is 10.3. The predicted molar refractivity (Wildman–Crippen MR) is 97.8 cm³/mol. The average Bonchev–Trinajstić information content (AvgIpc) is 2.58. The molecule has 0 aromatic rings. The molecule has 0 heterocycles. The molecule has 0 spiro atoms. The predicted octanol–water partition coefficient (Wildman–Crippen LogP) is 2.96. The molecular formula is C21H22O4. The Balaban J connectivity index is 4.73. The molecule has 25 heavy (non-hydrogen) atoms. The number of hydrogen-bond donors (Lipinski definition) is 0. The lowest BCUT2D eigenvalue weighted by Crippen LogP contribution is -2.19. The fraction of sp³-hybridized carbons (Fsp3) is 0.333. The van der Waals surface area contributed by atoms with Gasteiger partial charge in [-0.15, -0.1) is 0 Å². The average molecular weight is 338 g/mol. The molecule has 0 saturated carbocycles. The largest absolute Gasteiger partial charge is 0.466 e. The monoisotopic (exact) mass is 338 g/mol. The zero-order valence-corrected chi connectivity index (χ0v) is 15.0. The highest BCUT2D eigenvalue weighted by Crippen LogP contribution is 2.07. The number of ether oxygens (including phenoxy) is 2. The van der Waals surface area contributed by atoms with Crippen molar-refractivity contribution in [3.8, 4) is 35.5 Å². The van der Waals surface area contributed by atoms with Gasteiger partial charge in [0.05, 0.1) is 6.61 Å². The molecule has 4 nitrogen and oxygen atoms in total. The van der Waals surface area contributed by atoms with Crippen LogP contribution in [-0.4, -0.2) is 24.6 Å². The van der Waals surface area contributed by atoms with Crippen LogP contribution < -0.4 is 0 Å². The van der Waals surface area contributed by atoms with E-state index < -0.39 is 12.1 Å². The van der Waals surface area contributed by atoms with Gasteiger partial charge in [-0.05, 0) is 56.6 Å². The van der Waals surface area contributed by atoms with Crippen molar-refractivity contribution in [3.63, 3.8) is 0 Å². The molecule has 0 aromatic carbocycles. The van der Waals surface area contributed by atoms with E-state index in [1.165, 1.54) is 6.92 Å². The van der Waals surface area contributed by atoms with Crippen LogP contribution in [0.2, 0.25) is 0 Å². The molecule has 1 atom stereocenters. The van der Waals surface area contributed by atoms with Gasteiger partial charge >= 0.3 is 11.9 Å². The van der Waals surface area contributed by atoms with E-state index in [4.69, 9.17) is 9.47 Å². The topological polar surface area (TPSA) is 52.6 Å². The van der Waals surface area contributed by atoms with E-state index in [1.807, 2.05) is 0 Å². The molecule has 0 aliphatic heterocycles. The first-order chi connectivity index (χ1) is 12.0. The molecule has 0 rings (SSSR count). The smallest absolute Gasteiger partial charge is 0.333 e. The van der Waals surface area contributed by atoms with Gasteiger partial charge in [0.25, 0.3) is 0 Å². The quantitative estimate of drug-likeness (QED) is 0.310. The first kappa shape index (κ1) is 21.8. The Kier molecular flexibility index (Phi) is 12.6. The summed E-state index contributed by atoms with van der Waals surface area (Å²) in [5, 5.41) is 0. The molecule has 0 saturated heterocycles. The van der Waals surface area contributed by atoms with Crippen LogP contribution >= 0.6 is 0 Å². The SMILES string of the molecule is CC#CC#CC#CC=CC=C[C@H](CCOC(C)=O)OC(=O)C(C)=CC. The Morgan fingerprint density at radius 2 is 1.80 bits per heavy atom. The van der Waals surface area contributed by atoms with E-state index >= 15 is 0 Å². The van der Waals surface area contributed by atoms with Crippen LogP contribution in [0.15, 0.2) is 36.0 Å². The Labute approximate surface area is 150 Å². The highest BCUT2D eigenvalue weighted by atomic mass is 16.6. The Bertz CT molecular complexity index is 719. The van der Waals surface area contributed by atoms with E-state index in [1.54, 1.807) is 51.2 Å². The van der Waals surface area contributed by atoms with Crippen molar-refractivity contribution in [3.05, 3.63) is 36.0 Å². The van der Waals surface area contributed by atoms with Gasteiger partial charge in [0.15, 0.2) is 0 Å². The molecule has 0 radical (unpaired) electrons. The Hall–Kier alpha value is -3.16. The van der Waals surface area contributed by atoms with Gasteiger partial charge in [-0.25, -0.2) is 4.79 Å². The lowest BCUT2D eigenvalue weighted by Gasteiger charge is -2.14. The fourth-order valence-electron chi connectivity index (χ4n) is 1.36. The molecule has 0 aliphatic rings. The van der Waals surface area contributed by atoms with Crippen LogP contribution in [0.3, 0.4) is 0 Å². The molecular weight excluding hydrogens is 316 g/mol. The zero-order valence-electron chi connectivity index (χ0n) is 15.0. The number of esters is 2. The number of carbonyl (C=O) groups is 2. The normalized spacial score (nSPS) is 11.4. The fourth-order valence-corrected chi connectivity index (χ4v) is 1.36. The summed E-state index contributed by atoms with van der Waals surface area (Å²) in [7, 11) is 0. The Morgan fingerprint density at radius 1 is 1.08 bits per heavy atom. The summed E-state index contributed by atoms with van der Waals surface area (Å²) in [6.07, 6.45) is 8.29. The van der Waals surface area contributed by atoms with Crippen molar-refractivity contribution in [2.45, 2.75) is 40.2 Å². The number of hydrogen-bond acceptors (Lipinski definition) is 4. The number of rotatable bonds is 7. The third kappa shape index (κ3) is 13.0. The molecule has 4 heteroatoms. The molecule has 0 amide bonds. The maximum Gasteiger partial charge on any atom is 0.333 e. The van der Waals surface area contributed by atoms with Gasteiger partial charge in [-0.1, -0.05) is 30.1 Å². The van der Waals surface area contributed by atoms with E-state index in [-0.39, 0.29) is 12.6 Å². The third-order valence-corrected chi connectivity index (χ3v) is 2.72. The molecule has 0 fully saturated rings. The molecule has 0 aromatic heterocycles. The third-order valence-electron chi connectivity index (χ3n) is 2.72.